The number of rotatable bonds is 8. The van der Waals surface area contributed by atoms with Gasteiger partial charge in [0, 0.05) is 18.8 Å². The van der Waals surface area contributed by atoms with Crippen LogP contribution in [0.15, 0.2) is 30.3 Å². The highest BCUT2D eigenvalue weighted by molar-refractivity contribution is 5.93. The van der Waals surface area contributed by atoms with Crippen molar-refractivity contribution in [2.75, 3.05) is 24.5 Å². The van der Waals surface area contributed by atoms with Gasteiger partial charge in [-0.05, 0) is 25.0 Å². The van der Waals surface area contributed by atoms with E-state index in [-0.39, 0.29) is 12.6 Å². The minimum atomic E-state index is -0.986. The van der Waals surface area contributed by atoms with Crippen molar-refractivity contribution in [3.63, 3.8) is 0 Å². The summed E-state index contributed by atoms with van der Waals surface area (Å²) in [5, 5.41) is 8.98. The van der Waals surface area contributed by atoms with E-state index in [4.69, 9.17) is 5.11 Å². The molecule has 5 heteroatoms. The molecule has 0 heterocycles. The van der Waals surface area contributed by atoms with E-state index in [1.54, 1.807) is 4.90 Å². The van der Waals surface area contributed by atoms with Crippen molar-refractivity contribution in [2.24, 2.45) is 0 Å². The Morgan fingerprint density at radius 2 is 1.71 bits per heavy atom. The summed E-state index contributed by atoms with van der Waals surface area (Å²) in [4.78, 5) is 26.7. The van der Waals surface area contributed by atoms with Gasteiger partial charge in [-0.1, -0.05) is 38.5 Å². The first-order valence-electron chi connectivity index (χ1n) is 7.43. The second-order valence-corrected chi connectivity index (χ2v) is 4.94. The van der Waals surface area contributed by atoms with Crippen molar-refractivity contribution in [1.29, 1.82) is 0 Å². The second kappa shape index (κ2) is 9.00. The number of anilines is 1. The van der Waals surface area contributed by atoms with Crippen molar-refractivity contribution in [3.8, 4) is 0 Å². The largest absolute Gasteiger partial charge is 0.480 e. The second-order valence-electron chi connectivity index (χ2n) is 4.94. The Labute approximate surface area is 126 Å². The fourth-order valence-corrected chi connectivity index (χ4v) is 2.11. The van der Waals surface area contributed by atoms with Gasteiger partial charge in [-0.25, -0.2) is 4.79 Å². The molecule has 0 spiro atoms. The Balaban J connectivity index is 2.94. The fraction of sp³-hybridized carbons (Fsp3) is 0.500. The van der Waals surface area contributed by atoms with Crippen LogP contribution in [0.5, 0.6) is 0 Å². The number of amides is 2. The van der Waals surface area contributed by atoms with Gasteiger partial charge in [0.05, 0.1) is 0 Å². The maximum Gasteiger partial charge on any atom is 0.325 e. The normalized spacial score (nSPS) is 10.2. The van der Waals surface area contributed by atoms with Crippen LogP contribution in [0, 0.1) is 0 Å². The molecule has 0 aliphatic heterocycles. The van der Waals surface area contributed by atoms with Gasteiger partial charge < -0.3 is 10.0 Å². The van der Waals surface area contributed by atoms with E-state index in [0.29, 0.717) is 13.1 Å². The Morgan fingerprint density at radius 3 is 2.24 bits per heavy atom. The van der Waals surface area contributed by atoms with Crippen molar-refractivity contribution in [3.05, 3.63) is 30.3 Å². The number of carboxylic acid groups (broad SMARTS) is 1. The molecule has 1 aromatic rings. The molecular weight excluding hydrogens is 268 g/mol. The molecule has 1 rings (SSSR count). The van der Waals surface area contributed by atoms with Crippen LogP contribution in [-0.4, -0.2) is 41.6 Å². The highest BCUT2D eigenvalue weighted by Crippen LogP contribution is 2.16. The third-order valence-corrected chi connectivity index (χ3v) is 3.12. The number of aliphatic carboxylic acids is 1. The van der Waals surface area contributed by atoms with E-state index in [0.717, 1.165) is 24.9 Å². The minimum Gasteiger partial charge on any atom is -0.480 e. The molecule has 0 aliphatic carbocycles. The molecular formula is C16H24N2O3. The number of urea groups is 1. The van der Waals surface area contributed by atoms with Crippen LogP contribution >= 0.6 is 0 Å². The lowest BCUT2D eigenvalue weighted by Crippen LogP contribution is -2.46. The lowest BCUT2D eigenvalue weighted by Gasteiger charge is -2.29. The standard InChI is InChI=1S/C16H24N2O3/c1-3-5-12-18(14-9-7-6-8-10-14)16(21)17(11-4-2)13-15(19)20/h6-10H,3-5,11-13H2,1-2H3,(H,19,20). The number of hydrogen-bond donors (Lipinski definition) is 1. The lowest BCUT2D eigenvalue weighted by molar-refractivity contribution is -0.137. The van der Waals surface area contributed by atoms with Gasteiger partial charge >= 0.3 is 12.0 Å². The van der Waals surface area contributed by atoms with Crippen molar-refractivity contribution < 1.29 is 14.7 Å². The van der Waals surface area contributed by atoms with Gasteiger partial charge in [0.2, 0.25) is 0 Å². The monoisotopic (exact) mass is 292 g/mol. The molecule has 5 nitrogen and oxygen atoms in total. The van der Waals surface area contributed by atoms with Gasteiger partial charge in [0.1, 0.15) is 6.54 Å². The summed E-state index contributed by atoms with van der Waals surface area (Å²) in [6.07, 6.45) is 2.59. The highest BCUT2D eigenvalue weighted by Gasteiger charge is 2.23. The first-order chi connectivity index (χ1) is 10.1. The first-order valence-corrected chi connectivity index (χ1v) is 7.43. The van der Waals surface area contributed by atoms with Crippen LogP contribution in [-0.2, 0) is 4.79 Å². The van der Waals surface area contributed by atoms with Crippen LogP contribution in [0.3, 0.4) is 0 Å². The zero-order chi connectivity index (χ0) is 15.7. The van der Waals surface area contributed by atoms with Gasteiger partial charge in [-0.2, -0.15) is 0 Å². The lowest BCUT2D eigenvalue weighted by atomic mass is 10.2. The Morgan fingerprint density at radius 1 is 1.05 bits per heavy atom. The SMILES string of the molecule is CCCCN(C(=O)N(CCC)CC(=O)O)c1ccccc1. The molecule has 0 bridgehead atoms. The van der Waals surface area contributed by atoms with Crippen LogP contribution in [0.1, 0.15) is 33.1 Å². The summed E-state index contributed by atoms with van der Waals surface area (Å²) in [6.45, 7) is 4.78. The van der Waals surface area contributed by atoms with Crippen LogP contribution in [0.2, 0.25) is 0 Å². The zero-order valence-corrected chi connectivity index (χ0v) is 12.8. The Kier molecular flexibility index (Phi) is 7.29. The molecule has 0 aromatic heterocycles. The van der Waals surface area contributed by atoms with E-state index < -0.39 is 5.97 Å². The highest BCUT2D eigenvalue weighted by atomic mass is 16.4. The van der Waals surface area contributed by atoms with E-state index >= 15 is 0 Å². The maximum atomic E-state index is 12.7. The number of benzene rings is 1. The maximum absolute atomic E-state index is 12.7. The molecule has 0 fully saturated rings. The van der Waals surface area contributed by atoms with Gasteiger partial charge in [-0.15, -0.1) is 0 Å². The quantitative estimate of drug-likeness (QED) is 0.800. The number of carbonyl (C=O) groups is 2. The predicted molar refractivity (Wildman–Crippen MR) is 83.6 cm³/mol. The van der Waals surface area contributed by atoms with Crippen molar-refractivity contribution in [2.45, 2.75) is 33.1 Å². The number of nitrogens with zero attached hydrogens (tertiary/aromatic N) is 2. The molecule has 0 unspecified atom stereocenters. The number of carbonyl (C=O) groups excluding carboxylic acids is 1. The third-order valence-electron chi connectivity index (χ3n) is 3.12. The molecule has 2 amide bonds. The van der Waals surface area contributed by atoms with E-state index in [2.05, 4.69) is 6.92 Å². The van der Waals surface area contributed by atoms with Crippen LogP contribution < -0.4 is 4.90 Å². The van der Waals surface area contributed by atoms with Crippen molar-refractivity contribution >= 4 is 17.7 Å². The molecule has 1 aromatic carbocycles. The summed E-state index contributed by atoms with van der Waals surface area (Å²) >= 11 is 0. The molecule has 1 N–H and O–H groups in total. The summed E-state index contributed by atoms with van der Waals surface area (Å²) in [5.74, 6) is -0.986. The molecule has 0 atom stereocenters. The summed E-state index contributed by atoms with van der Waals surface area (Å²) in [7, 11) is 0. The smallest absolute Gasteiger partial charge is 0.325 e. The topological polar surface area (TPSA) is 60.9 Å². The average molecular weight is 292 g/mol. The van der Waals surface area contributed by atoms with E-state index in [1.807, 2.05) is 37.3 Å². The summed E-state index contributed by atoms with van der Waals surface area (Å²) < 4.78 is 0. The summed E-state index contributed by atoms with van der Waals surface area (Å²) in [5.41, 5.74) is 0.808. The number of carboxylic acids is 1. The molecule has 0 saturated carbocycles. The molecule has 0 saturated heterocycles. The number of hydrogen-bond acceptors (Lipinski definition) is 2. The average Bonchev–Trinajstić information content (AvgIpc) is 2.47. The van der Waals surface area contributed by atoms with E-state index in [1.165, 1.54) is 4.90 Å². The molecule has 0 aliphatic rings. The first kappa shape index (κ1) is 17.0. The molecule has 21 heavy (non-hydrogen) atoms. The fourth-order valence-electron chi connectivity index (χ4n) is 2.11. The van der Waals surface area contributed by atoms with Crippen LogP contribution in [0.4, 0.5) is 10.5 Å². The third kappa shape index (κ3) is 5.45. The molecule has 0 radical (unpaired) electrons. The van der Waals surface area contributed by atoms with E-state index in [9.17, 15) is 9.59 Å². The predicted octanol–water partition coefficient (Wildman–Crippen LogP) is 3.21. The Bertz CT molecular complexity index is 448. The summed E-state index contributed by atoms with van der Waals surface area (Å²) in [6, 6.07) is 9.16. The molecule has 116 valence electrons. The van der Waals surface area contributed by atoms with Gasteiger partial charge in [-0.3, -0.25) is 9.69 Å². The number of unbranched alkanes of at least 4 members (excludes halogenated alkanes) is 1. The van der Waals surface area contributed by atoms with Gasteiger partial charge in [0.15, 0.2) is 0 Å². The van der Waals surface area contributed by atoms with Crippen molar-refractivity contribution in [1.82, 2.24) is 4.90 Å². The Hall–Kier alpha value is -2.04. The van der Waals surface area contributed by atoms with Crippen LogP contribution in [0.25, 0.3) is 0 Å². The number of para-hydroxylation sites is 1. The van der Waals surface area contributed by atoms with Gasteiger partial charge in [0.25, 0.3) is 0 Å². The minimum absolute atomic E-state index is 0.237. The zero-order valence-electron chi connectivity index (χ0n) is 12.8.